The van der Waals surface area contributed by atoms with E-state index in [1.807, 2.05) is 0 Å². The van der Waals surface area contributed by atoms with E-state index in [9.17, 15) is 9.59 Å². The lowest BCUT2D eigenvalue weighted by molar-refractivity contribution is 0.0696. The largest absolute Gasteiger partial charge is 0.486 e. The molecule has 1 amide bonds. The highest BCUT2D eigenvalue weighted by Crippen LogP contribution is 2.35. The quantitative estimate of drug-likeness (QED) is 0.901. The number of ether oxygens (including phenoxy) is 2. The summed E-state index contributed by atoms with van der Waals surface area (Å²) in [6, 6.07) is 8.89. The summed E-state index contributed by atoms with van der Waals surface area (Å²) in [5, 5.41) is 11.8. The molecular formula is C16H12ClNO5. The average molecular weight is 334 g/mol. The van der Waals surface area contributed by atoms with Crippen LogP contribution in [0.25, 0.3) is 0 Å². The summed E-state index contributed by atoms with van der Waals surface area (Å²) >= 11 is 6.11. The molecular weight excluding hydrogens is 322 g/mol. The first-order chi connectivity index (χ1) is 11.0. The Kier molecular flexibility index (Phi) is 4.08. The normalized spacial score (nSPS) is 12.6. The van der Waals surface area contributed by atoms with Gasteiger partial charge in [0.1, 0.15) is 13.2 Å². The molecule has 1 heterocycles. The molecule has 2 aromatic rings. The fraction of sp³-hybridized carbons (Fsp3) is 0.125. The molecule has 7 heteroatoms. The van der Waals surface area contributed by atoms with Gasteiger partial charge >= 0.3 is 5.97 Å². The van der Waals surface area contributed by atoms with Crippen LogP contribution in [0.4, 0.5) is 5.69 Å². The van der Waals surface area contributed by atoms with Crippen LogP contribution in [0.3, 0.4) is 0 Å². The SMILES string of the molecule is O=C(O)c1ccc(NC(=O)c2cc3c(cc2Cl)OCCO3)cc1. The van der Waals surface area contributed by atoms with E-state index in [1.165, 1.54) is 30.3 Å². The summed E-state index contributed by atoms with van der Waals surface area (Å²) in [6.45, 7) is 0.844. The first-order valence-electron chi connectivity index (χ1n) is 6.78. The van der Waals surface area contributed by atoms with E-state index in [0.717, 1.165) is 0 Å². The van der Waals surface area contributed by atoms with Gasteiger partial charge in [-0.2, -0.15) is 0 Å². The Balaban J connectivity index is 1.81. The van der Waals surface area contributed by atoms with E-state index < -0.39 is 11.9 Å². The van der Waals surface area contributed by atoms with Crippen LogP contribution >= 0.6 is 11.6 Å². The number of aromatic carboxylic acids is 1. The second-order valence-electron chi connectivity index (χ2n) is 4.81. The van der Waals surface area contributed by atoms with Gasteiger partial charge in [-0.25, -0.2) is 4.79 Å². The predicted octanol–water partition coefficient (Wildman–Crippen LogP) is 3.06. The molecule has 23 heavy (non-hydrogen) atoms. The number of carbonyl (C=O) groups excluding carboxylic acids is 1. The smallest absolute Gasteiger partial charge is 0.335 e. The molecule has 2 aromatic carbocycles. The van der Waals surface area contributed by atoms with Crippen LogP contribution in [-0.2, 0) is 0 Å². The minimum Gasteiger partial charge on any atom is -0.486 e. The second kappa shape index (κ2) is 6.18. The standard InChI is InChI=1S/C16H12ClNO5/c17-12-8-14-13(22-5-6-23-14)7-11(12)15(19)18-10-3-1-9(2-4-10)16(20)21/h1-4,7-8H,5-6H2,(H,18,19)(H,20,21). The minimum absolute atomic E-state index is 0.139. The maximum Gasteiger partial charge on any atom is 0.335 e. The zero-order valence-electron chi connectivity index (χ0n) is 11.8. The monoisotopic (exact) mass is 333 g/mol. The molecule has 6 nitrogen and oxygen atoms in total. The van der Waals surface area contributed by atoms with Crippen molar-refractivity contribution >= 4 is 29.2 Å². The number of benzene rings is 2. The van der Waals surface area contributed by atoms with Crippen molar-refractivity contribution < 1.29 is 24.2 Å². The molecule has 0 saturated carbocycles. The van der Waals surface area contributed by atoms with E-state index in [0.29, 0.717) is 30.4 Å². The average Bonchev–Trinajstić information content (AvgIpc) is 2.54. The summed E-state index contributed by atoms with van der Waals surface area (Å²) < 4.78 is 10.8. The van der Waals surface area contributed by atoms with E-state index in [4.69, 9.17) is 26.2 Å². The first kappa shape index (κ1) is 15.2. The van der Waals surface area contributed by atoms with Crippen LogP contribution < -0.4 is 14.8 Å². The Morgan fingerprint density at radius 1 is 1.04 bits per heavy atom. The van der Waals surface area contributed by atoms with Crippen molar-refractivity contribution in [3.05, 3.63) is 52.5 Å². The highest BCUT2D eigenvalue weighted by Gasteiger charge is 2.19. The number of hydrogen-bond donors (Lipinski definition) is 2. The Morgan fingerprint density at radius 2 is 1.65 bits per heavy atom. The zero-order valence-corrected chi connectivity index (χ0v) is 12.6. The van der Waals surface area contributed by atoms with Crippen LogP contribution in [0.15, 0.2) is 36.4 Å². The third-order valence-corrected chi connectivity index (χ3v) is 3.58. The number of rotatable bonds is 3. The summed E-state index contributed by atoms with van der Waals surface area (Å²) in [7, 11) is 0. The number of carboxylic acid groups (broad SMARTS) is 1. The van der Waals surface area contributed by atoms with Crippen LogP contribution in [0.1, 0.15) is 20.7 Å². The van der Waals surface area contributed by atoms with Gasteiger partial charge in [-0.1, -0.05) is 11.6 Å². The van der Waals surface area contributed by atoms with Gasteiger partial charge in [0.2, 0.25) is 0 Å². The molecule has 118 valence electrons. The Labute approximate surface area is 136 Å². The Bertz CT molecular complexity index is 773. The van der Waals surface area contributed by atoms with Crippen molar-refractivity contribution in [1.82, 2.24) is 0 Å². The fourth-order valence-electron chi connectivity index (χ4n) is 2.13. The molecule has 0 spiro atoms. The van der Waals surface area contributed by atoms with Crippen molar-refractivity contribution in [2.24, 2.45) is 0 Å². The number of carbonyl (C=O) groups is 2. The number of carboxylic acids is 1. The fourth-order valence-corrected chi connectivity index (χ4v) is 2.37. The topological polar surface area (TPSA) is 84.9 Å². The number of fused-ring (bicyclic) bond motifs is 1. The molecule has 1 aliphatic heterocycles. The summed E-state index contributed by atoms with van der Waals surface area (Å²) in [6.07, 6.45) is 0. The third kappa shape index (κ3) is 3.22. The molecule has 0 radical (unpaired) electrons. The molecule has 0 unspecified atom stereocenters. The molecule has 1 aliphatic rings. The highest BCUT2D eigenvalue weighted by atomic mass is 35.5. The van der Waals surface area contributed by atoms with Crippen molar-refractivity contribution in [2.75, 3.05) is 18.5 Å². The number of anilines is 1. The van der Waals surface area contributed by atoms with Crippen LogP contribution in [0, 0.1) is 0 Å². The first-order valence-corrected chi connectivity index (χ1v) is 7.16. The van der Waals surface area contributed by atoms with Gasteiger partial charge in [-0.3, -0.25) is 4.79 Å². The zero-order chi connectivity index (χ0) is 16.4. The van der Waals surface area contributed by atoms with E-state index in [-0.39, 0.29) is 16.1 Å². The third-order valence-electron chi connectivity index (χ3n) is 3.27. The maximum absolute atomic E-state index is 12.3. The van der Waals surface area contributed by atoms with Crippen molar-refractivity contribution in [3.63, 3.8) is 0 Å². The number of halogens is 1. The van der Waals surface area contributed by atoms with Gasteiger partial charge in [0.15, 0.2) is 11.5 Å². The lowest BCUT2D eigenvalue weighted by Crippen LogP contribution is -2.17. The molecule has 0 aliphatic carbocycles. The predicted molar refractivity (Wildman–Crippen MR) is 83.8 cm³/mol. The van der Waals surface area contributed by atoms with E-state index in [2.05, 4.69) is 5.32 Å². The Hall–Kier alpha value is -2.73. The minimum atomic E-state index is -1.03. The number of amides is 1. The molecule has 0 aromatic heterocycles. The van der Waals surface area contributed by atoms with Gasteiger partial charge in [-0.15, -0.1) is 0 Å². The maximum atomic E-state index is 12.3. The van der Waals surface area contributed by atoms with Gasteiger partial charge in [0, 0.05) is 11.8 Å². The lowest BCUT2D eigenvalue weighted by atomic mass is 10.1. The molecule has 0 atom stereocenters. The lowest BCUT2D eigenvalue weighted by Gasteiger charge is -2.19. The molecule has 0 fully saturated rings. The molecule has 3 rings (SSSR count). The van der Waals surface area contributed by atoms with Crippen molar-refractivity contribution in [1.29, 1.82) is 0 Å². The number of hydrogen-bond acceptors (Lipinski definition) is 4. The molecule has 2 N–H and O–H groups in total. The van der Waals surface area contributed by atoms with Crippen LogP contribution in [0.5, 0.6) is 11.5 Å². The Morgan fingerprint density at radius 3 is 2.26 bits per heavy atom. The van der Waals surface area contributed by atoms with Crippen LogP contribution in [-0.4, -0.2) is 30.2 Å². The van der Waals surface area contributed by atoms with Gasteiger partial charge < -0.3 is 19.9 Å². The van der Waals surface area contributed by atoms with Gasteiger partial charge in [0.05, 0.1) is 16.1 Å². The van der Waals surface area contributed by atoms with E-state index >= 15 is 0 Å². The molecule has 0 bridgehead atoms. The van der Waals surface area contributed by atoms with Gasteiger partial charge in [0.25, 0.3) is 5.91 Å². The highest BCUT2D eigenvalue weighted by molar-refractivity contribution is 6.34. The summed E-state index contributed by atoms with van der Waals surface area (Å²) in [5.41, 5.74) is 0.851. The second-order valence-corrected chi connectivity index (χ2v) is 5.22. The summed E-state index contributed by atoms with van der Waals surface area (Å²) in [4.78, 5) is 23.1. The molecule has 0 saturated heterocycles. The summed E-state index contributed by atoms with van der Waals surface area (Å²) in [5.74, 6) is -0.483. The van der Waals surface area contributed by atoms with Crippen LogP contribution in [0.2, 0.25) is 5.02 Å². The van der Waals surface area contributed by atoms with E-state index in [1.54, 1.807) is 6.07 Å². The van der Waals surface area contributed by atoms with Crippen molar-refractivity contribution in [3.8, 4) is 11.5 Å². The van der Waals surface area contributed by atoms with Crippen molar-refractivity contribution in [2.45, 2.75) is 0 Å². The van der Waals surface area contributed by atoms with Gasteiger partial charge in [-0.05, 0) is 30.3 Å². The number of nitrogens with one attached hydrogen (secondary N) is 1.